The minimum atomic E-state index is -0.120. The topological polar surface area (TPSA) is 36.9 Å². The molecule has 0 bridgehead atoms. The fourth-order valence-electron chi connectivity index (χ4n) is 0.976. The van der Waals surface area contributed by atoms with Crippen LogP contribution in [-0.2, 0) is 18.9 Å². The van der Waals surface area contributed by atoms with Crippen LogP contribution < -0.4 is 0 Å². The standard InChI is InChI=1S/C10H22O4/c1-4-5-10(13-8-6-11-2)14-9-7-12-3/h10H,4-9H2,1-3H3. The van der Waals surface area contributed by atoms with Crippen LogP contribution in [0.5, 0.6) is 0 Å². The van der Waals surface area contributed by atoms with E-state index in [1.165, 1.54) is 0 Å². The lowest BCUT2D eigenvalue weighted by Gasteiger charge is -2.17. The highest BCUT2D eigenvalue weighted by Gasteiger charge is 2.07. The van der Waals surface area contributed by atoms with Gasteiger partial charge in [0, 0.05) is 14.2 Å². The Kier molecular flexibility index (Phi) is 10.8. The van der Waals surface area contributed by atoms with Gasteiger partial charge in [-0.1, -0.05) is 13.3 Å². The SMILES string of the molecule is CCCC(OCCOC)OCCOC. The molecule has 0 unspecified atom stereocenters. The minimum Gasteiger partial charge on any atom is -0.382 e. The van der Waals surface area contributed by atoms with E-state index in [9.17, 15) is 0 Å². The Hall–Kier alpha value is -0.160. The number of ether oxygens (including phenoxy) is 4. The van der Waals surface area contributed by atoms with Crippen LogP contribution in [0.25, 0.3) is 0 Å². The lowest BCUT2D eigenvalue weighted by Crippen LogP contribution is -2.21. The molecular weight excluding hydrogens is 184 g/mol. The summed E-state index contributed by atoms with van der Waals surface area (Å²) in [5.41, 5.74) is 0. The molecule has 0 amide bonds. The van der Waals surface area contributed by atoms with E-state index in [1.54, 1.807) is 14.2 Å². The lowest BCUT2D eigenvalue weighted by molar-refractivity contribution is -0.158. The summed E-state index contributed by atoms with van der Waals surface area (Å²) in [5, 5.41) is 0. The summed E-state index contributed by atoms with van der Waals surface area (Å²) in [5.74, 6) is 0. The average Bonchev–Trinajstić information content (AvgIpc) is 2.18. The molecule has 0 aliphatic heterocycles. The molecule has 0 aromatic rings. The van der Waals surface area contributed by atoms with Crippen molar-refractivity contribution in [1.29, 1.82) is 0 Å². The van der Waals surface area contributed by atoms with Crippen molar-refractivity contribution < 1.29 is 18.9 Å². The first-order chi connectivity index (χ1) is 6.85. The van der Waals surface area contributed by atoms with Gasteiger partial charge in [-0.3, -0.25) is 0 Å². The number of methoxy groups -OCH3 is 2. The van der Waals surface area contributed by atoms with Crippen molar-refractivity contribution in [2.45, 2.75) is 26.1 Å². The molecule has 0 aromatic carbocycles. The molecule has 0 fully saturated rings. The summed E-state index contributed by atoms with van der Waals surface area (Å²) in [6.45, 7) is 4.47. The summed E-state index contributed by atoms with van der Waals surface area (Å²) < 4.78 is 20.7. The van der Waals surface area contributed by atoms with Crippen LogP contribution in [0.15, 0.2) is 0 Å². The number of hydrogen-bond acceptors (Lipinski definition) is 4. The van der Waals surface area contributed by atoms with E-state index < -0.39 is 0 Å². The second-order valence-corrected chi connectivity index (χ2v) is 2.95. The van der Waals surface area contributed by atoms with Gasteiger partial charge in [-0.25, -0.2) is 0 Å². The van der Waals surface area contributed by atoms with E-state index in [0.717, 1.165) is 12.8 Å². The van der Waals surface area contributed by atoms with Gasteiger partial charge in [-0.05, 0) is 6.42 Å². The quantitative estimate of drug-likeness (QED) is 0.400. The van der Waals surface area contributed by atoms with E-state index in [2.05, 4.69) is 6.92 Å². The zero-order valence-corrected chi connectivity index (χ0v) is 9.45. The number of hydrogen-bond donors (Lipinski definition) is 0. The molecule has 0 radical (unpaired) electrons. The Morgan fingerprint density at radius 1 is 0.857 bits per heavy atom. The smallest absolute Gasteiger partial charge is 0.157 e. The lowest BCUT2D eigenvalue weighted by atomic mass is 10.3. The van der Waals surface area contributed by atoms with Crippen molar-refractivity contribution in [3.63, 3.8) is 0 Å². The first kappa shape index (κ1) is 13.8. The Bertz CT molecular complexity index is 98.3. The van der Waals surface area contributed by atoms with Crippen LogP contribution in [0.1, 0.15) is 19.8 Å². The fraction of sp³-hybridized carbons (Fsp3) is 1.00. The molecule has 4 nitrogen and oxygen atoms in total. The predicted octanol–water partition coefficient (Wildman–Crippen LogP) is 1.44. The summed E-state index contributed by atoms with van der Waals surface area (Å²) in [6.07, 6.45) is 1.84. The summed E-state index contributed by atoms with van der Waals surface area (Å²) in [6, 6.07) is 0. The van der Waals surface area contributed by atoms with Crippen LogP contribution >= 0.6 is 0 Å². The van der Waals surface area contributed by atoms with Crippen molar-refractivity contribution >= 4 is 0 Å². The third kappa shape index (κ3) is 8.44. The molecular formula is C10H22O4. The molecule has 0 N–H and O–H groups in total. The van der Waals surface area contributed by atoms with Crippen LogP contribution in [0, 0.1) is 0 Å². The van der Waals surface area contributed by atoms with E-state index in [-0.39, 0.29) is 6.29 Å². The zero-order chi connectivity index (χ0) is 10.6. The van der Waals surface area contributed by atoms with Crippen LogP contribution in [0.2, 0.25) is 0 Å². The highest BCUT2D eigenvalue weighted by Crippen LogP contribution is 2.03. The van der Waals surface area contributed by atoms with Crippen LogP contribution in [0.4, 0.5) is 0 Å². The van der Waals surface area contributed by atoms with Crippen molar-refractivity contribution in [3.8, 4) is 0 Å². The second-order valence-electron chi connectivity index (χ2n) is 2.95. The van der Waals surface area contributed by atoms with Gasteiger partial charge < -0.3 is 18.9 Å². The van der Waals surface area contributed by atoms with Crippen molar-refractivity contribution in [3.05, 3.63) is 0 Å². The molecule has 14 heavy (non-hydrogen) atoms. The Morgan fingerprint density at radius 2 is 1.36 bits per heavy atom. The third-order valence-electron chi connectivity index (χ3n) is 1.71. The van der Waals surface area contributed by atoms with Crippen LogP contribution in [0.3, 0.4) is 0 Å². The van der Waals surface area contributed by atoms with Gasteiger partial charge >= 0.3 is 0 Å². The van der Waals surface area contributed by atoms with Gasteiger partial charge in [0.25, 0.3) is 0 Å². The zero-order valence-electron chi connectivity index (χ0n) is 9.45. The molecule has 0 saturated heterocycles. The third-order valence-corrected chi connectivity index (χ3v) is 1.71. The highest BCUT2D eigenvalue weighted by atomic mass is 16.7. The largest absolute Gasteiger partial charge is 0.382 e. The highest BCUT2D eigenvalue weighted by molar-refractivity contribution is 4.44. The molecule has 0 heterocycles. The monoisotopic (exact) mass is 206 g/mol. The Morgan fingerprint density at radius 3 is 1.71 bits per heavy atom. The number of rotatable bonds is 10. The molecule has 0 aliphatic carbocycles. The van der Waals surface area contributed by atoms with E-state index in [1.807, 2.05) is 0 Å². The summed E-state index contributed by atoms with van der Waals surface area (Å²) in [7, 11) is 3.31. The molecule has 0 spiro atoms. The molecule has 0 aromatic heterocycles. The van der Waals surface area contributed by atoms with E-state index >= 15 is 0 Å². The van der Waals surface area contributed by atoms with Crippen molar-refractivity contribution in [1.82, 2.24) is 0 Å². The maximum atomic E-state index is 5.47. The normalized spacial score (nSPS) is 11.1. The summed E-state index contributed by atoms with van der Waals surface area (Å²) in [4.78, 5) is 0. The second kappa shape index (κ2) is 10.9. The first-order valence-electron chi connectivity index (χ1n) is 5.06. The van der Waals surface area contributed by atoms with Gasteiger partial charge in [0.15, 0.2) is 6.29 Å². The van der Waals surface area contributed by atoms with E-state index in [4.69, 9.17) is 18.9 Å². The fourth-order valence-corrected chi connectivity index (χ4v) is 0.976. The van der Waals surface area contributed by atoms with Crippen molar-refractivity contribution in [2.24, 2.45) is 0 Å². The minimum absolute atomic E-state index is 0.120. The molecule has 0 atom stereocenters. The van der Waals surface area contributed by atoms with Crippen molar-refractivity contribution in [2.75, 3.05) is 40.6 Å². The van der Waals surface area contributed by atoms with Gasteiger partial charge in [-0.15, -0.1) is 0 Å². The molecule has 0 aliphatic rings. The molecule has 4 heteroatoms. The average molecular weight is 206 g/mol. The maximum absolute atomic E-state index is 5.47. The van der Waals surface area contributed by atoms with Gasteiger partial charge in [-0.2, -0.15) is 0 Å². The van der Waals surface area contributed by atoms with Crippen LogP contribution in [-0.4, -0.2) is 46.9 Å². The Balaban J connectivity index is 3.44. The molecule has 0 saturated carbocycles. The van der Waals surface area contributed by atoms with E-state index in [0.29, 0.717) is 26.4 Å². The molecule has 86 valence electrons. The summed E-state index contributed by atoms with van der Waals surface area (Å²) >= 11 is 0. The van der Waals surface area contributed by atoms with Gasteiger partial charge in [0.2, 0.25) is 0 Å². The Labute approximate surface area is 86.5 Å². The first-order valence-corrected chi connectivity index (χ1v) is 5.06. The maximum Gasteiger partial charge on any atom is 0.157 e. The molecule has 0 rings (SSSR count). The van der Waals surface area contributed by atoms with Gasteiger partial charge in [0.05, 0.1) is 26.4 Å². The predicted molar refractivity (Wildman–Crippen MR) is 54.4 cm³/mol. The van der Waals surface area contributed by atoms with Gasteiger partial charge in [0.1, 0.15) is 0 Å².